The first-order chi connectivity index (χ1) is 13.3. The quantitative estimate of drug-likeness (QED) is 0.675. The van der Waals surface area contributed by atoms with Crippen LogP contribution in [-0.2, 0) is 11.3 Å². The van der Waals surface area contributed by atoms with Crippen molar-refractivity contribution >= 4 is 16.9 Å². The minimum atomic E-state index is -2.62. The van der Waals surface area contributed by atoms with Crippen molar-refractivity contribution in [3.63, 3.8) is 0 Å². The van der Waals surface area contributed by atoms with E-state index in [0.29, 0.717) is 22.4 Å². The number of fused-ring (bicyclic) bond motifs is 1. The second-order valence-electron chi connectivity index (χ2n) is 7.03. The van der Waals surface area contributed by atoms with Gasteiger partial charge in [-0.25, -0.2) is 18.4 Å². The molecule has 2 aromatic heterocycles. The van der Waals surface area contributed by atoms with Crippen LogP contribution in [0.3, 0.4) is 0 Å². The highest BCUT2D eigenvalue weighted by atomic mass is 19.3. The van der Waals surface area contributed by atoms with E-state index < -0.39 is 6.43 Å². The highest BCUT2D eigenvalue weighted by molar-refractivity contribution is 5.84. The molecule has 2 heterocycles. The zero-order valence-corrected chi connectivity index (χ0v) is 16.5. The number of amides is 1. The fraction of sp³-hybridized carbons (Fsp3) is 0.381. The first-order valence-electron chi connectivity index (χ1n) is 9.28. The molecule has 5 nitrogen and oxygen atoms in total. The molecule has 28 heavy (non-hydrogen) atoms. The fourth-order valence-corrected chi connectivity index (χ4v) is 3.40. The van der Waals surface area contributed by atoms with Crippen molar-refractivity contribution in [1.82, 2.24) is 20.1 Å². The Morgan fingerprint density at radius 1 is 1.18 bits per heavy atom. The largest absolute Gasteiger partial charge is 0.348 e. The van der Waals surface area contributed by atoms with E-state index in [0.717, 1.165) is 17.5 Å². The third-order valence-electron chi connectivity index (χ3n) is 4.79. The SMILES string of the molecule is CCC(NC(=O)Cn1nc(C)c2c(C(F)F)cc(C)nc21)c1ccc(C)cc1. The standard InChI is InChI=1S/C21H24F2N4O/c1-5-17(15-8-6-12(2)7-9-15)25-18(28)11-27-21-19(14(4)26-27)16(20(22)23)10-13(3)24-21/h6-10,17,20H,5,11H2,1-4H3,(H,25,28). The molecule has 1 amide bonds. The van der Waals surface area contributed by atoms with Gasteiger partial charge in [0.05, 0.1) is 17.1 Å². The van der Waals surface area contributed by atoms with E-state index in [-0.39, 0.29) is 24.1 Å². The molecule has 0 saturated carbocycles. The van der Waals surface area contributed by atoms with Crippen molar-refractivity contribution in [1.29, 1.82) is 0 Å². The number of hydrogen-bond acceptors (Lipinski definition) is 3. The third kappa shape index (κ3) is 4.03. The summed E-state index contributed by atoms with van der Waals surface area (Å²) in [5.41, 5.74) is 3.30. The molecule has 3 aromatic rings. The Morgan fingerprint density at radius 2 is 1.86 bits per heavy atom. The fourth-order valence-electron chi connectivity index (χ4n) is 3.40. The maximum absolute atomic E-state index is 13.4. The number of benzene rings is 1. The summed E-state index contributed by atoms with van der Waals surface area (Å²) in [6.45, 7) is 7.24. The molecule has 148 valence electrons. The molecular formula is C21H24F2N4O. The van der Waals surface area contributed by atoms with E-state index in [1.54, 1.807) is 13.8 Å². The Labute approximate surface area is 162 Å². The number of pyridine rings is 1. The van der Waals surface area contributed by atoms with Gasteiger partial charge in [-0.05, 0) is 38.8 Å². The number of aryl methyl sites for hydroxylation is 3. The van der Waals surface area contributed by atoms with Crippen molar-refractivity contribution in [2.75, 3.05) is 0 Å². The van der Waals surface area contributed by atoms with Gasteiger partial charge in [-0.1, -0.05) is 36.8 Å². The maximum atomic E-state index is 13.4. The van der Waals surface area contributed by atoms with Gasteiger partial charge in [-0.15, -0.1) is 0 Å². The van der Waals surface area contributed by atoms with Crippen molar-refractivity contribution < 1.29 is 13.6 Å². The molecule has 1 N–H and O–H groups in total. The molecule has 0 saturated heterocycles. The van der Waals surface area contributed by atoms with Gasteiger partial charge in [0.1, 0.15) is 6.54 Å². The van der Waals surface area contributed by atoms with E-state index in [1.807, 2.05) is 38.1 Å². The van der Waals surface area contributed by atoms with E-state index in [1.165, 1.54) is 10.7 Å². The lowest BCUT2D eigenvalue weighted by Gasteiger charge is -2.18. The van der Waals surface area contributed by atoms with Crippen molar-refractivity contribution in [2.45, 2.75) is 53.1 Å². The van der Waals surface area contributed by atoms with Crippen LogP contribution in [0.2, 0.25) is 0 Å². The van der Waals surface area contributed by atoms with Crippen LogP contribution < -0.4 is 5.32 Å². The van der Waals surface area contributed by atoms with Gasteiger partial charge in [0, 0.05) is 11.3 Å². The number of rotatable bonds is 6. The molecule has 0 radical (unpaired) electrons. The van der Waals surface area contributed by atoms with Crippen LogP contribution in [0.25, 0.3) is 11.0 Å². The number of nitrogens with one attached hydrogen (secondary N) is 1. The van der Waals surface area contributed by atoms with Crippen molar-refractivity contribution in [2.24, 2.45) is 0 Å². The maximum Gasteiger partial charge on any atom is 0.264 e. The zero-order valence-electron chi connectivity index (χ0n) is 16.5. The first kappa shape index (κ1) is 19.9. The van der Waals surface area contributed by atoms with Crippen LogP contribution in [0.5, 0.6) is 0 Å². The Hall–Kier alpha value is -2.83. The molecule has 0 aliphatic carbocycles. The molecule has 1 atom stereocenters. The van der Waals surface area contributed by atoms with Crippen LogP contribution >= 0.6 is 0 Å². The van der Waals surface area contributed by atoms with Gasteiger partial charge in [-0.3, -0.25) is 4.79 Å². The van der Waals surface area contributed by atoms with E-state index in [2.05, 4.69) is 15.4 Å². The first-order valence-corrected chi connectivity index (χ1v) is 9.28. The number of halogens is 2. The Balaban J connectivity index is 1.86. The number of nitrogens with zero attached hydrogens (tertiary/aromatic N) is 3. The van der Waals surface area contributed by atoms with Crippen LogP contribution in [-0.4, -0.2) is 20.7 Å². The average Bonchev–Trinajstić information content (AvgIpc) is 2.95. The second kappa shape index (κ2) is 8.04. The smallest absolute Gasteiger partial charge is 0.264 e. The molecule has 0 aliphatic heterocycles. The van der Waals surface area contributed by atoms with Crippen molar-refractivity contribution in [3.8, 4) is 0 Å². The molecule has 7 heteroatoms. The molecule has 0 aliphatic rings. The van der Waals surface area contributed by atoms with E-state index in [4.69, 9.17) is 0 Å². The zero-order chi connectivity index (χ0) is 20.4. The normalized spacial score (nSPS) is 12.5. The molecule has 1 aromatic carbocycles. The van der Waals surface area contributed by atoms with E-state index >= 15 is 0 Å². The van der Waals surface area contributed by atoms with Crippen LogP contribution in [0, 0.1) is 20.8 Å². The predicted octanol–water partition coefficient (Wildman–Crippen LogP) is 4.56. The van der Waals surface area contributed by atoms with Crippen molar-refractivity contribution in [3.05, 3.63) is 58.4 Å². The van der Waals surface area contributed by atoms with Gasteiger partial charge >= 0.3 is 0 Å². The minimum absolute atomic E-state index is 0.0775. The molecule has 3 rings (SSSR count). The minimum Gasteiger partial charge on any atom is -0.348 e. The Bertz CT molecular complexity index is 996. The molecule has 0 bridgehead atoms. The summed E-state index contributed by atoms with van der Waals surface area (Å²) in [5.74, 6) is -0.237. The van der Waals surface area contributed by atoms with Crippen LogP contribution in [0.4, 0.5) is 8.78 Å². The van der Waals surface area contributed by atoms with Gasteiger partial charge in [0.15, 0.2) is 5.65 Å². The summed E-state index contributed by atoms with van der Waals surface area (Å²) in [6, 6.07) is 9.26. The summed E-state index contributed by atoms with van der Waals surface area (Å²) >= 11 is 0. The summed E-state index contributed by atoms with van der Waals surface area (Å²) in [7, 11) is 0. The second-order valence-corrected chi connectivity index (χ2v) is 7.03. The van der Waals surface area contributed by atoms with E-state index in [9.17, 15) is 13.6 Å². The van der Waals surface area contributed by atoms with Gasteiger partial charge in [-0.2, -0.15) is 5.10 Å². The summed E-state index contributed by atoms with van der Waals surface area (Å²) in [6.07, 6.45) is -1.89. The summed E-state index contributed by atoms with van der Waals surface area (Å²) < 4.78 is 28.2. The van der Waals surface area contributed by atoms with Gasteiger partial charge in [0.25, 0.3) is 6.43 Å². The average molecular weight is 386 g/mol. The highest BCUT2D eigenvalue weighted by Gasteiger charge is 2.21. The van der Waals surface area contributed by atoms with Crippen LogP contribution in [0.1, 0.15) is 53.9 Å². The molecule has 1 unspecified atom stereocenters. The lowest BCUT2D eigenvalue weighted by molar-refractivity contribution is -0.122. The number of carbonyl (C=O) groups is 1. The number of aromatic nitrogens is 3. The monoisotopic (exact) mass is 386 g/mol. The van der Waals surface area contributed by atoms with Crippen LogP contribution in [0.15, 0.2) is 30.3 Å². The van der Waals surface area contributed by atoms with Gasteiger partial charge < -0.3 is 5.32 Å². The summed E-state index contributed by atoms with van der Waals surface area (Å²) in [5, 5.41) is 7.61. The lowest BCUT2D eigenvalue weighted by atomic mass is 10.0. The molecule has 0 fully saturated rings. The Kier molecular flexibility index (Phi) is 5.72. The molecular weight excluding hydrogens is 362 g/mol. The Morgan fingerprint density at radius 3 is 2.46 bits per heavy atom. The predicted molar refractivity (Wildman–Crippen MR) is 104 cm³/mol. The summed E-state index contributed by atoms with van der Waals surface area (Å²) in [4.78, 5) is 17.0. The number of alkyl halides is 2. The number of carbonyl (C=O) groups excluding carboxylic acids is 1. The third-order valence-corrected chi connectivity index (χ3v) is 4.79. The highest BCUT2D eigenvalue weighted by Crippen LogP contribution is 2.30. The van der Waals surface area contributed by atoms with Gasteiger partial charge in [0.2, 0.25) is 5.91 Å². The topological polar surface area (TPSA) is 59.8 Å². The lowest BCUT2D eigenvalue weighted by Crippen LogP contribution is -2.31. The molecule has 0 spiro atoms. The number of hydrogen-bond donors (Lipinski definition) is 1.